The predicted molar refractivity (Wildman–Crippen MR) is 73.8 cm³/mol. The topological polar surface area (TPSA) is 51.7 Å². The van der Waals surface area contributed by atoms with Gasteiger partial charge in [0.2, 0.25) is 5.88 Å². The molecule has 2 fully saturated rings. The van der Waals surface area contributed by atoms with Crippen molar-refractivity contribution in [1.82, 2.24) is 9.88 Å². The molecule has 0 bridgehead atoms. The summed E-state index contributed by atoms with van der Waals surface area (Å²) in [7, 11) is 0. The van der Waals surface area contributed by atoms with Crippen molar-refractivity contribution >= 4 is 5.91 Å². The van der Waals surface area contributed by atoms with Gasteiger partial charge in [0.15, 0.2) is 0 Å². The van der Waals surface area contributed by atoms with Crippen LogP contribution in [-0.2, 0) is 4.74 Å². The van der Waals surface area contributed by atoms with E-state index in [2.05, 4.69) is 4.98 Å². The van der Waals surface area contributed by atoms with E-state index in [1.165, 1.54) is 0 Å². The summed E-state index contributed by atoms with van der Waals surface area (Å²) < 4.78 is 11.1. The molecular weight excluding hydrogens is 256 g/mol. The fraction of sp³-hybridized carbons (Fsp3) is 0.600. The Kier molecular flexibility index (Phi) is 4.16. The van der Waals surface area contributed by atoms with E-state index in [0.29, 0.717) is 11.4 Å². The number of carbonyl (C=O) groups is 1. The van der Waals surface area contributed by atoms with Gasteiger partial charge in [0.1, 0.15) is 6.10 Å². The van der Waals surface area contributed by atoms with Crippen molar-refractivity contribution in [1.29, 1.82) is 0 Å². The molecule has 0 aliphatic carbocycles. The van der Waals surface area contributed by atoms with Crippen molar-refractivity contribution in [2.24, 2.45) is 0 Å². The van der Waals surface area contributed by atoms with Gasteiger partial charge in [-0.1, -0.05) is 0 Å². The molecule has 2 aliphatic rings. The van der Waals surface area contributed by atoms with E-state index in [1.54, 1.807) is 12.3 Å². The molecule has 2 aliphatic heterocycles. The lowest BCUT2D eigenvalue weighted by Gasteiger charge is -2.22. The van der Waals surface area contributed by atoms with Crippen molar-refractivity contribution in [3.05, 3.63) is 23.9 Å². The molecule has 5 nitrogen and oxygen atoms in total. The molecule has 0 spiro atoms. The molecule has 0 N–H and O–H groups in total. The van der Waals surface area contributed by atoms with Crippen LogP contribution in [0, 0.1) is 0 Å². The largest absolute Gasteiger partial charge is 0.474 e. The van der Waals surface area contributed by atoms with Gasteiger partial charge in [-0.15, -0.1) is 0 Å². The Morgan fingerprint density at radius 1 is 1.25 bits per heavy atom. The van der Waals surface area contributed by atoms with Gasteiger partial charge in [-0.2, -0.15) is 0 Å². The Balaban J connectivity index is 1.60. The van der Waals surface area contributed by atoms with Gasteiger partial charge >= 0.3 is 0 Å². The summed E-state index contributed by atoms with van der Waals surface area (Å²) in [5.41, 5.74) is 0.645. The molecule has 20 heavy (non-hydrogen) atoms. The average molecular weight is 276 g/mol. The van der Waals surface area contributed by atoms with E-state index in [4.69, 9.17) is 9.47 Å². The molecule has 0 unspecified atom stereocenters. The zero-order chi connectivity index (χ0) is 13.8. The molecule has 5 heteroatoms. The van der Waals surface area contributed by atoms with Crippen LogP contribution in [0.1, 0.15) is 36.0 Å². The number of nitrogens with zero attached hydrogens (tertiary/aromatic N) is 2. The number of aromatic nitrogens is 1. The highest BCUT2D eigenvalue weighted by Gasteiger charge is 2.20. The summed E-state index contributed by atoms with van der Waals surface area (Å²) in [6.45, 7) is 3.21. The molecule has 0 radical (unpaired) electrons. The third kappa shape index (κ3) is 3.10. The third-order valence-electron chi connectivity index (χ3n) is 3.83. The van der Waals surface area contributed by atoms with Crippen molar-refractivity contribution in [2.45, 2.75) is 31.8 Å². The van der Waals surface area contributed by atoms with Crippen LogP contribution in [-0.4, -0.2) is 48.2 Å². The lowest BCUT2D eigenvalue weighted by Crippen LogP contribution is -2.28. The molecule has 0 atom stereocenters. The van der Waals surface area contributed by atoms with Gasteiger partial charge in [0.05, 0.1) is 18.8 Å². The summed E-state index contributed by atoms with van der Waals surface area (Å²) in [5.74, 6) is 0.669. The molecule has 3 rings (SSSR count). The molecule has 2 saturated heterocycles. The van der Waals surface area contributed by atoms with Gasteiger partial charge in [-0.25, -0.2) is 4.98 Å². The molecule has 0 aromatic carbocycles. The summed E-state index contributed by atoms with van der Waals surface area (Å²) >= 11 is 0. The molecule has 108 valence electrons. The summed E-state index contributed by atoms with van der Waals surface area (Å²) in [6, 6.07) is 3.60. The van der Waals surface area contributed by atoms with E-state index in [1.807, 2.05) is 11.0 Å². The highest BCUT2D eigenvalue weighted by molar-refractivity contribution is 5.94. The zero-order valence-corrected chi connectivity index (χ0v) is 11.6. The fourth-order valence-corrected chi connectivity index (χ4v) is 2.64. The minimum atomic E-state index is 0.0765. The number of amides is 1. The monoisotopic (exact) mass is 276 g/mol. The van der Waals surface area contributed by atoms with Crippen LogP contribution in [0.25, 0.3) is 0 Å². The smallest absolute Gasteiger partial charge is 0.255 e. The van der Waals surface area contributed by atoms with Crippen molar-refractivity contribution in [2.75, 3.05) is 26.3 Å². The van der Waals surface area contributed by atoms with Gasteiger partial charge in [-0.05, 0) is 18.9 Å². The maximum Gasteiger partial charge on any atom is 0.255 e. The van der Waals surface area contributed by atoms with Gasteiger partial charge in [-0.3, -0.25) is 4.79 Å². The van der Waals surface area contributed by atoms with Crippen LogP contribution < -0.4 is 4.74 Å². The second-order valence-corrected chi connectivity index (χ2v) is 5.31. The summed E-state index contributed by atoms with van der Waals surface area (Å²) in [5, 5.41) is 0. The number of hydrogen-bond donors (Lipinski definition) is 0. The average Bonchev–Trinajstić information content (AvgIpc) is 3.03. The number of rotatable bonds is 3. The minimum Gasteiger partial charge on any atom is -0.474 e. The second kappa shape index (κ2) is 6.22. The molecule has 1 amide bonds. The van der Waals surface area contributed by atoms with Crippen LogP contribution in [0.3, 0.4) is 0 Å². The van der Waals surface area contributed by atoms with Gasteiger partial charge < -0.3 is 14.4 Å². The Labute approximate surface area is 118 Å². The van der Waals surface area contributed by atoms with E-state index >= 15 is 0 Å². The fourth-order valence-electron chi connectivity index (χ4n) is 2.64. The predicted octanol–water partition coefficient (Wildman–Crippen LogP) is 1.88. The number of carbonyl (C=O) groups excluding carboxylic acids is 1. The molecule has 0 saturated carbocycles. The standard InChI is InChI=1S/C15H20N2O3/c18-15(17-7-1-2-8-17)12-3-4-14(16-11-12)20-13-5-9-19-10-6-13/h3-4,11,13H,1-2,5-10H2. The lowest BCUT2D eigenvalue weighted by molar-refractivity contribution is 0.0237. The number of likely N-dealkylation sites (tertiary alicyclic amines) is 1. The number of pyridine rings is 1. The quantitative estimate of drug-likeness (QED) is 0.846. The maximum absolute atomic E-state index is 12.2. The van der Waals surface area contributed by atoms with Crippen LogP contribution in [0.2, 0.25) is 0 Å². The Hall–Kier alpha value is -1.62. The first-order valence-corrected chi connectivity index (χ1v) is 7.33. The number of hydrogen-bond acceptors (Lipinski definition) is 4. The molecule has 1 aromatic rings. The SMILES string of the molecule is O=C(c1ccc(OC2CCOCC2)nc1)N1CCCC1. The first kappa shape index (κ1) is 13.4. The highest BCUT2D eigenvalue weighted by Crippen LogP contribution is 2.17. The Morgan fingerprint density at radius 2 is 2.00 bits per heavy atom. The zero-order valence-electron chi connectivity index (χ0n) is 11.6. The first-order valence-electron chi connectivity index (χ1n) is 7.33. The van der Waals surface area contributed by atoms with E-state index in [0.717, 1.165) is 52.0 Å². The van der Waals surface area contributed by atoms with E-state index in [-0.39, 0.29) is 12.0 Å². The van der Waals surface area contributed by atoms with E-state index in [9.17, 15) is 4.79 Å². The second-order valence-electron chi connectivity index (χ2n) is 5.31. The van der Waals surface area contributed by atoms with Crippen LogP contribution in [0.4, 0.5) is 0 Å². The van der Waals surface area contributed by atoms with Crippen molar-refractivity contribution in [3.8, 4) is 5.88 Å². The summed E-state index contributed by atoms with van der Waals surface area (Å²) in [6.07, 6.45) is 5.80. The lowest BCUT2D eigenvalue weighted by atomic mass is 10.1. The van der Waals surface area contributed by atoms with Crippen molar-refractivity contribution in [3.63, 3.8) is 0 Å². The highest BCUT2D eigenvalue weighted by atomic mass is 16.5. The van der Waals surface area contributed by atoms with Crippen LogP contribution in [0.15, 0.2) is 18.3 Å². The number of ether oxygens (including phenoxy) is 2. The third-order valence-corrected chi connectivity index (χ3v) is 3.83. The first-order chi connectivity index (χ1) is 9.83. The van der Waals surface area contributed by atoms with E-state index < -0.39 is 0 Å². The summed E-state index contributed by atoms with van der Waals surface area (Å²) in [4.78, 5) is 18.3. The minimum absolute atomic E-state index is 0.0765. The van der Waals surface area contributed by atoms with Crippen LogP contribution >= 0.6 is 0 Å². The Bertz CT molecular complexity index is 449. The normalized spacial score (nSPS) is 20.1. The maximum atomic E-state index is 12.2. The van der Waals surface area contributed by atoms with Gasteiger partial charge in [0.25, 0.3) is 5.91 Å². The van der Waals surface area contributed by atoms with Gasteiger partial charge in [0, 0.05) is 38.2 Å². The van der Waals surface area contributed by atoms with Crippen LogP contribution in [0.5, 0.6) is 5.88 Å². The molecule has 1 aromatic heterocycles. The Morgan fingerprint density at radius 3 is 2.65 bits per heavy atom. The van der Waals surface area contributed by atoms with Crippen molar-refractivity contribution < 1.29 is 14.3 Å². The molecular formula is C15H20N2O3. The molecule has 3 heterocycles.